The molecule has 0 aromatic heterocycles. The van der Waals surface area contributed by atoms with E-state index in [0.29, 0.717) is 0 Å². The third-order valence-corrected chi connectivity index (χ3v) is 8.12. The van der Waals surface area contributed by atoms with Crippen molar-refractivity contribution in [2.45, 2.75) is 103 Å². The Morgan fingerprint density at radius 2 is 1.30 bits per heavy atom. The average Bonchev–Trinajstić information content (AvgIpc) is 2.95. The van der Waals surface area contributed by atoms with Gasteiger partial charge in [-0.15, -0.1) is 0 Å². The molecule has 0 radical (unpaired) electrons. The minimum Gasteiger partial charge on any atom is -0.494 e. The highest BCUT2D eigenvalue weighted by molar-refractivity contribution is 5.85. The molecular formula is C36H46O. The zero-order chi connectivity index (χ0) is 25.7. The molecule has 0 amide bonds. The van der Waals surface area contributed by atoms with Crippen LogP contribution in [0.1, 0.15) is 120 Å². The highest BCUT2D eigenvalue weighted by atomic mass is 16.5. The predicted molar refractivity (Wildman–Crippen MR) is 159 cm³/mol. The van der Waals surface area contributed by atoms with Crippen LogP contribution in [0.25, 0.3) is 10.8 Å². The molecule has 4 rings (SSSR count). The van der Waals surface area contributed by atoms with Gasteiger partial charge >= 0.3 is 0 Å². The van der Waals surface area contributed by atoms with E-state index in [1.54, 1.807) is 0 Å². The molecular weight excluding hydrogens is 448 g/mol. The summed E-state index contributed by atoms with van der Waals surface area (Å²) in [5, 5.41) is 2.41. The molecule has 0 heterocycles. The largest absolute Gasteiger partial charge is 0.494 e. The van der Waals surface area contributed by atoms with E-state index in [4.69, 9.17) is 4.74 Å². The Labute approximate surface area is 226 Å². The third kappa shape index (κ3) is 8.67. The van der Waals surface area contributed by atoms with Crippen molar-refractivity contribution >= 4 is 10.8 Å². The predicted octanol–water partition coefficient (Wildman–Crippen LogP) is 10.4. The van der Waals surface area contributed by atoms with Gasteiger partial charge in [-0.05, 0) is 96.7 Å². The van der Waals surface area contributed by atoms with Crippen LogP contribution in [0.2, 0.25) is 0 Å². The van der Waals surface area contributed by atoms with Gasteiger partial charge in [0, 0.05) is 11.1 Å². The molecule has 0 N–H and O–H groups in total. The van der Waals surface area contributed by atoms with E-state index in [-0.39, 0.29) is 0 Å². The van der Waals surface area contributed by atoms with Crippen LogP contribution in [-0.2, 0) is 0 Å². The highest BCUT2D eigenvalue weighted by Gasteiger charge is 2.21. The van der Waals surface area contributed by atoms with Crippen molar-refractivity contribution in [1.82, 2.24) is 0 Å². The Hall–Kier alpha value is -2.72. The molecule has 1 aliphatic carbocycles. The molecule has 196 valence electrons. The van der Waals surface area contributed by atoms with Crippen molar-refractivity contribution < 1.29 is 4.74 Å². The van der Waals surface area contributed by atoms with Gasteiger partial charge in [0.15, 0.2) is 0 Å². The molecule has 0 spiro atoms. The Morgan fingerprint density at radius 1 is 0.649 bits per heavy atom. The standard InChI is InChI=1S/C36H46O/c1-3-5-7-8-9-11-29-14-19-32(20-15-29)33-21-16-30(17-22-33)12-13-31-18-23-35-28-36(25-24-34(35)27-31)37-26-10-6-4-2/h16-18,21-25,27-29,32H,3-11,14-15,19-20,26H2,1-2H3/t29-,32-. The molecule has 1 nitrogen and oxygen atoms in total. The third-order valence-electron chi connectivity index (χ3n) is 8.12. The topological polar surface area (TPSA) is 9.23 Å². The number of hydrogen-bond donors (Lipinski definition) is 0. The summed E-state index contributed by atoms with van der Waals surface area (Å²) in [5.41, 5.74) is 3.66. The minimum atomic E-state index is 0.736. The van der Waals surface area contributed by atoms with Crippen molar-refractivity contribution in [3.05, 3.63) is 77.4 Å². The van der Waals surface area contributed by atoms with E-state index in [2.05, 4.69) is 86.4 Å². The second-order valence-electron chi connectivity index (χ2n) is 11.1. The van der Waals surface area contributed by atoms with Gasteiger partial charge in [-0.1, -0.05) is 101 Å². The van der Waals surface area contributed by atoms with Crippen LogP contribution >= 0.6 is 0 Å². The molecule has 0 unspecified atom stereocenters. The number of benzene rings is 3. The summed E-state index contributed by atoms with van der Waals surface area (Å²) >= 11 is 0. The summed E-state index contributed by atoms with van der Waals surface area (Å²) < 4.78 is 5.91. The lowest BCUT2D eigenvalue weighted by molar-refractivity contribution is 0.302. The maximum atomic E-state index is 5.91. The molecule has 0 saturated heterocycles. The van der Waals surface area contributed by atoms with Gasteiger partial charge in [0.1, 0.15) is 5.75 Å². The van der Waals surface area contributed by atoms with E-state index in [1.165, 1.54) is 93.4 Å². The molecule has 1 heteroatoms. The molecule has 3 aromatic rings. The number of hydrogen-bond acceptors (Lipinski definition) is 1. The molecule has 1 saturated carbocycles. The van der Waals surface area contributed by atoms with Gasteiger partial charge in [0.05, 0.1) is 6.61 Å². The van der Waals surface area contributed by atoms with Crippen molar-refractivity contribution in [2.75, 3.05) is 6.61 Å². The van der Waals surface area contributed by atoms with Crippen LogP contribution in [-0.4, -0.2) is 6.61 Å². The Kier molecular flexibility index (Phi) is 11.0. The molecule has 0 atom stereocenters. The van der Waals surface area contributed by atoms with Crippen LogP contribution in [0.5, 0.6) is 5.75 Å². The van der Waals surface area contributed by atoms with E-state index in [9.17, 15) is 0 Å². The number of fused-ring (bicyclic) bond motifs is 1. The van der Waals surface area contributed by atoms with Gasteiger partial charge in [-0.2, -0.15) is 0 Å². The fraction of sp³-hybridized carbons (Fsp3) is 0.500. The lowest BCUT2D eigenvalue weighted by atomic mass is 9.77. The first kappa shape index (κ1) is 27.3. The van der Waals surface area contributed by atoms with Crippen LogP contribution in [0.15, 0.2) is 60.7 Å². The molecule has 37 heavy (non-hydrogen) atoms. The zero-order valence-corrected chi connectivity index (χ0v) is 23.2. The smallest absolute Gasteiger partial charge is 0.119 e. The summed E-state index contributed by atoms with van der Waals surface area (Å²) in [6.07, 6.45) is 17.6. The first-order valence-corrected chi connectivity index (χ1v) is 15.0. The monoisotopic (exact) mass is 494 g/mol. The lowest BCUT2D eigenvalue weighted by Gasteiger charge is -2.29. The second kappa shape index (κ2) is 14.9. The normalized spacial score (nSPS) is 17.4. The maximum Gasteiger partial charge on any atom is 0.119 e. The molecule has 0 aliphatic heterocycles. The minimum absolute atomic E-state index is 0.736. The fourth-order valence-corrected chi connectivity index (χ4v) is 5.74. The summed E-state index contributed by atoms with van der Waals surface area (Å²) in [5.74, 6) is 9.41. The first-order chi connectivity index (χ1) is 18.2. The van der Waals surface area contributed by atoms with Crippen LogP contribution < -0.4 is 4.74 Å². The first-order valence-electron chi connectivity index (χ1n) is 15.0. The van der Waals surface area contributed by atoms with Crippen LogP contribution in [0.3, 0.4) is 0 Å². The van der Waals surface area contributed by atoms with E-state index in [1.807, 2.05) is 0 Å². The van der Waals surface area contributed by atoms with E-state index in [0.717, 1.165) is 41.7 Å². The van der Waals surface area contributed by atoms with Gasteiger partial charge < -0.3 is 4.74 Å². The number of ether oxygens (including phenoxy) is 1. The van der Waals surface area contributed by atoms with Gasteiger partial charge in [-0.25, -0.2) is 0 Å². The van der Waals surface area contributed by atoms with Gasteiger partial charge in [0.2, 0.25) is 0 Å². The van der Waals surface area contributed by atoms with E-state index < -0.39 is 0 Å². The maximum absolute atomic E-state index is 5.91. The quantitative estimate of drug-likeness (QED) is 0.180. The van der Waals surface area contributed by atoms with Crippen molar-refractivity contribution in [1.29, 1.82) is 0 Å². The van der Waals surface area contributed by atoms with Gasteiger partial charge in [-0.3, -0.25) is 0 Å². The Balaban J connectivity index is 1.27. The summed E-state index contributed by atoms with van der Waals surface area (Å²) in [6, 6.07) is 21.9. The number of rotatable bonds is 12. The number of unbranched alkanes of at least 4 members (excludes halogenated alkanes) is 6. The molecule has 1 aliphatic rings. The van der Waals surface area contributed by atoms with Crippen molar-refractivity contribution in [3.8, 4) is 17.6 Å². The second-order valence-corrected chi connectivity index (χ2v) is 11.1. The summed E-state index contributed by atoms with van der Waals surface area (Å²) in [7, 11) is 0. The average molecular weight is 495 g/mol. The van der Waals surface area contributed by atoms with Gasteiger partial charge in [0.25, 0.3) is 0 Å². The van der Waals surface area contributed by atoms with Crippen molar-refractivity contribution in [2.24, 2.45) is 5.92 Å². The Morgan fingerprint density at radius 3 is 2.08 bits per heavy atom. The summed E-state index contributed by atoms with van der Waals surface area (Å²) in [4.78, 5) is 0. The SMILES string of the molecule is CCCCCCC[C@H]1CC[C@H](c2ccc(C#Cc3ccc4cc(OCCCCC)ccc4c3)cc2)CC1. The molecule has 0 bridgehead atoms. The lowest BCUT2D eigenvalue weighted by Crippen LogP contribution is -2.13. The van der Waals surface area contributed by atoms with Crippen molar-refractivity contribution in [3.63, 3.8) is 0 Å². The van der Waals surface area contributed by atoms with E-state index >= 15 is 0 Å². The Bertz CT molecular complexity index is 1140. The fourth-order valence-electron chi connectivity index (χ4n) is 5.74. The van der Waals surface area contributed by atoms with Crippen LogP contribution in [0, 0.1) is 17.8 Å². The summed E-state index contributed by atoms with van der Waals surface area (Å²) in [6.45, 7) is 5.31. The zero-order valence-electron chi connectivity index (χ0n) is 23.2. The highest BCUT2D eigenvalue weighted by Crippen LogP contribution is 2.37. The molecule has 1 fully saturated rings. The van der Waals surface area contributed by atoms with Crippen LogP contribution in [0.4, 0.5) is 0 Å². The molecule has 3 aromatic carbocycles.